The maximum atomic E-state index is 13.0. The summed E-state index contributed by atoms with van der Waals surface area (Å²) in [6.07, 6.45) is 3.58. The van der Waals surface area contributed by atoms with Gasteiger partial charge in [0.25, 0.3) is 0 Å². The first kappa shape index (κ1) is 14.2. The van der Waals surface area contributed by atoms with Crippen LogP contribution in [0.1, 0.15) is 31.7 Å². The van der Waals surface area contributed by atoms with E-state index in [1.807, 2.05) is 6.92 Å². The lowest BCUT2D eigenvalue weighted by Gasteiger charge is -2.50. The number of ether oxygens (including phenoxy) is 1. The van der Waals surface area contributed by atoms with Crippen molar-refractivity contribution in [1.82, 2.24) is 5.32 Å². The Balaban J connectivity index is 1.48. The highest BCUT2D eigenvalue weighted by Gasteiger charge is 2.71. The molecule has 4 aliphatic carbocycles. The molecule has 0 aliphatic heterocycles. The molecule has 1 aromatic carbocycles. The Labute approximate surface area is 130 Å². The van der Waals surface area contributed by atoms with E-state index >= 15 is 0 Å². The topological polar surface area (TPSA) is 38.3 Å². The number of carbonyl (C=O) groups excluding carboxylic acids is 1. The Hall–Kier alpha value is -1.42. The number of nitrogens with one attached hydrogen (secondary N) is 1. The third kappa shape index (κ3) is 2.00. The molecule has 4 aliphatic rings. The fourth-order valence-corrected chi connectivity index (χ4v) is 5.26. The standard InChI is InChI=1S/C18H22FNO2/c1-2-22-17(21)15-16(14-9-18(15)7-12(14)8-18)20-10-11-3-5-13(19)6-4-11/h3-6,12,14-16,20H,2,7-10H2,1H3. The van der Waals surface area contributed by atoms with Gasteiger partial charge >= 0.3 is 5.97 Å². The molecule has 118 valence electrons. The Morgan fingerprint density at radius 1 is 1.32 bits per heavy atom. The van der Waals surface area contributed by atoms with Crippen molar-refractivity contribution in [2.45, 2.75) is 38.8 Å². The van der Waals surface area contributed by atoms with Gasteiger partial charge in [0.05, 0.1) is 12.5 Å². The third-order valence-corrected chi connectivity index (χ3v) is 6.06. The van der Waals surface area contributed by atoms with Crippen LogP contribution in [0.25, 0.3) is 0 Å². The summed E-state index contributed by atoms with van der Waals surface area (Å²) in [7, 11) is 0. The van der Waals surface area contributed by atoms with Crippen molar-refractivity contribution in [3.8, 4) is 0 Å². The van der Waals surface area contributed by atoms with Gasteiger partial charge in [-0.3, -0.25) is 4.79 Å². The monoisotopic (exact) mass is 303 g/mol. The van der Waals surface area contributed by atoms with Crippen LogP contribution >= 0.6 is 0 Å². The molecule has 3 nitrogen and oxygen atoms in total. The summed E-state index contributed by atoms with van der Waals surface area (Å²) in [6.45, 7) is 3.00. The van der Waals surface area contributed by atoms with Crippen LogP contribution in [0.5, 0.6) is 0 Å². The Morgan fingerprint density at radius 3 is 2.73 bits per heavy atom. The van der Waals surface area contributed by atoms with Gasteiger partial charge in [-0.2, -0.15) is 0 Å². The van der Waals surface area contributed by atoms with Gasteiger partial charge in [-0.1, -0.05) is 12.1 Å². The van der Waals surface area contributed by atoms with Gasteiger partial charge in [0.2, 0.25) is 0 Å². The van der Waals surface area contributed by atoms with Gasteiger partial charge in [-0.05, 0) is 61.1 Å². The predicted octanol–water partition coefficient (Wildman–Crippen LogP) is 2.89. The Bertz CT molecular complexity index is 579. The highest BCUT2D eigenvalue weighted by molar-refractivity contribution is 5.76. The molecule has 0 amide bonds. The molecular weight excluding hydrogens is 281 g/mol. The lowest BCUT2D eigenvalue weighted by Crippen LogP contribution is -2.55. The number of rotatable bonds is 5. The van der Waals surface area contributed by atoms with Crippen LogP contribution in [0, 0.1) is 29.0 Å². The fraction of sp³-hybridized carbons (Fsp3) is 0.611. The molecule has 5 rings (SSSR count). The van der Waals surface area contributed by atoms with Crippen LogP contribution in [0.4, 0.5) is 4.39 Å². The molecule has 1 N–H and O–H groups in total. The van der Waals surface area contributed by atoms with Gasteiger partial charge in [0, 0.05) is 12.6 Å². The number of hydrogen-bond donors (Lipinski definition) is 1. The van der Waals surface area contributed by atoms with Crippen molar-refractivity contribution in [3.05, 3.63) is 35.6 Å². The normalized spacial score (nSPS) is 37.9. The highest BCUT2D eigenvalue weighted by Crippen LogP contribution is 2.73. The second-order valence-corrected chi connectivity index (χ2v) is 7.16. The van der Waals surface area contributed by atoms with Crippen LogP contribution in [0.15, 0.2) is 24.3 Å². The largest absolute Gasteiger partial charge is 0.466 e. The summed E-state index contributed by atoms with van der Waals surface area (Å²) in [5.74, 6) is 1.15. The van der Waals surface area contributed by atoms with Gasteiger partial charge in [0.15, 0.2) is 0 Å². The maximum Gasteiger partial charge on any atom is 0.311 e. The molecule has 4 fully saturated rings. The molecule has 1 spiro atoms. The van der Waals surface area contributed by atoms with Crippen LogP contribution in [-0.2, 0) is 16.1 Å². The van der Waals surface area contributed by atoms with Crippen LogP contribution in [0.3, 0.4) is 0 Å². The predicted molar refractivity (Wildman–Crippen MR) is 80.4 cm³/mol. The minimum Gasteiger partial charge on any atom is -0.466 e. The van der Waals surface area contributed by atoms with E-state index < -0.39 is 0 Å². The number of esters is 1. The molecule has 0 heterocycles. The first-order valence-corrected chi connectivity index (χ1v) is 8.27. The second kappa shape index (κ2) is 5.05. The molecule has 3 atom stereocenters. The van der Waals surface area contributed by atoms with Gasteiger partial charge in [0.1, 0.15) is 5.82 Å². The van der Waals surface area contributed by atoms with E-state index in [1.165, 1.54) is 31.4 Å². The minimum atomic E-state index is -0.215. The molecule has 0 aromatic heterocycles. The zero-order chi connectivity index (χ0) is 15.3. The first-order valence-electron chi connectivity index (χ1n) is 8.27. The average Bonchev–Trinajstić information content (AvgIpc) is 3.11. The molecule has 22 heavy (non-hydrogen) atoms. The maximum absolute atomic E-state index is 13.0. The summed E-state index contributed by atoms with van der Waals surface area (Å²) in [4.78, 5) is 12.4. The lowest BCUT2D eigenvalue weighted by molar-refractivity contribution is -0.159. The van der Waals surface area contributed by atoms with E-state index in [0.717, 1.165) is 11.5 Å². The number of hydrogen-bond acceptors (Lipinski definition) is 3. The molecule has 3 bridgehead atoms. The van der Waals surface area contributed by atoms with Crippen molar-refractivity contribution >= 4 is 5.97 Å². The SMILES string of the molecule is CCOC(=O)C1C(NCc2ccc(F)cc2)C2CC13CC2C3. The zero-order valence-electron chi connectivity index (χ0n) is 12.8. The quantitative estimate of drug-likeness (QED) is 0.850. The number of benzene rings is 1. The highest BCUT2D eigenvalue weighted by atomic mass is 19.1. The van der Waals surface area contributed by atoms with Crippen LogP contribution < -0.4 is 5.32 Å². The van der Waals surface area contributed by atoms with Crippen molar-refractivity contribution < 1.29 is 13.9 Å². The molecule has 0 saturated heterocycles. The average molecular weight is 303 g/mol. The van der Waals surface area contributed by atoms with Crippen molar-refractivity contribution in [3.63, 3.8) is 0 Å². The summed E-state index contributed by atoms with van der Waals surface area (Å²) in [5, 5.41) is 3.57. The Kier molecular flexibility index (Phi) is 3.26. The van der Waals surface area contributed by atoms with Gasteiger partial charge < -0.3 is 10.1 Å². The van der Waals surface area contributed by atoms with Crippen molar-refractivity contribution in [2.75, 3.05) is 6.61 Å². The van der Waals surface area contributed by atoms with Gasteiger partial charge in [-0.25, -0.2) is 4.39 Å². The van der Waals surface area contributed by atoms with E-state index in [9.17, 15) is 9.18 Å². The summed E-state index contributed by atoms with van der Waals surface area (Å²) in [6, 6.07) is 6.78. The van der Waals surface area contributed by atoms with Crippen molar-refractivity contribution in [1.29, 1.82) is 0 Å². The minimum absolute atomic E-state index is 0.00268. The molecular formula is C18H22FNO2. The first-order chi connectivity index (χ1) is 10.6. The van der Waals surface area contributed by atoms with E-state index in [2.05, 4.69) is 5.32 Å². The van der Waals surface area contributed by atoms with E-state index in [0.29, 0.717) is 19.1 Å². The van der Waals surface area contributed by atoms with Crippen molar-refractivity contribution in [2.24, 2.45) is 23.2 Å². The molecule has 0 radical (unpaired) electrons. The van der Waals surface area contributed by atoms with Gasteiger partial charge in [-0.15, -0.1) is 0 Å². The molecule has 1 aromatic rings. The fourth-order valence-electron chi connectivity index (χ4n) is 5.26. The second-order valence-electron chi connectivity index (χ2n) is 7.16. The zero-order valence-corrected chi connectivity index (χ0v) is 12.8. The number of carbonyl (C=O) groups is 1. The molecule has 4 heteroatoms. The summed E-state index contributed by atoms with van der Waals surface area (Å²) < 4.78 is 18.3. The number of halogens is 1. The van der Waals surface area contributed by atoms with Crippen LogP contribution in [-0.4, -0.2) is 18.6 Å². The lowest BCUT2D eigenvalue weighted by atomic mass is 9.56. The van der Waals surface area contributed by atoms with E-state index in [1.54, 1.807) is 12.1 Å². The third-order valence-electron chi connectivity index (χ3n) is 6.06. The molecule has 3 unspecified atom stereocenters. The van der Waals surface area contributed by atoms with Crippen LogP contribution in [0.2, 0.25) is 0 Å². The smallest absolute Gasteiger partial charge is 0.311 e. The summed E-state index contributed by atoms with van der Waals surface area (Å²) in [5.41, 5.74) is 1.26. The Morgan fingerprint density at radius 2 is 2.05 bits per heavy atom. The molecule has 4 saturated carbocycles. The summed E-state index contributed by atoms with van der Waals surface area (Å²) >= 11 is 0. The van der Waals surface area contributed by atoms with E-state index in [-0.39, 0.29) is 29.2 Å². The van der Waals surface area contributed by atoms with E-state index in [4.69, 9.17) is 4.74 Å².